The largest absolute Gasteiger partial charge is 0.501 e. The Kier molecular flexibility index (Phi) is 2.35. The van der Waals surface area contributed by atoms with Crippen LogP contribution in [-0.2, 0) is 4.74 Å². The van der Waals surface area contributed by atoms with Crippen molar-refractivity contribution in [2.75, 3.05) is 6.61 Å². The van der Waals surface area contributed by atoms with Crippen LogP contribution >= 0.6 is 0 Å². The van der Waals surface area contributed by atoms with Crippen LogP contribution in [-0.4, -0.2) is 17.4 Å². The average molecular weight is 193 g/mol. The smallest absolute Gasteiger partial charge is 0.213 e. The Hall–Kier alpha value is -1.58. The predicted molar refractivity (Wildman–Crippen MR) is 48.8 cm³/mol. The summed E-state index contributed by atoms with van der Waals surface area (Å²) in [6.45, 7) is 2.40. The van der Waals surface area contributed by atoms with Crippen LogP contribution in [0.1, 0.15) is 29.2 Å². The second-order valence-corrected chi connectivity index (χ2v) is 3.20. The molecule has 2 heterocycles. The first kappa shape index (κ1) is 8.99. The minimum atomic E-state index is -0.0958. The van der Waals surface area contributed by atoms with Crippen molar-refractivity contribution in [2.24, 2.45) is 0 Å². The van der Waals surface area contributed by atoms with Gasteiger partial charge in [0.25, 0.3) is 0 Å². The van der Waals surface area contributed by atoms with Gasteiger partial charge in [0.15, 0.2) is 5.89 Å². The van der Waals surface area contributed by atoms with E-state index in [4.69, 9.17) is 9.15 Å². The van der Waals surface area contributed by atoms with Crippen LogP contribution in [0, 0.1) is 6.92 Å². The van der Waals surface area contributed by atoms with E-state index in [2.05, 4.69) is 4.98 Å². The van der Waals surface area contributed by atoms with Crippen molar-refractivity contribution in [1.29, 1.82) is 0 Å². The molecule has 1 aromatic heterocycles. The number of Topliss-reactive ketones (excluding diaryl/α,β-unsaturated/α-hetero) is 1. The van der Waals surface area contributed by atoms with Crippen molar-refractivity contribution in [2.45, 2.75) is 19.8 Å². The molecule has 0 atom stereocenters. The summed E-state index contributed by atoms with van der Waals surface area (Å²) in [4.78, 5) is 15.7. The summed E-state index contributed by atoms with van der Waals surface area (Å²) in [6.07, 6.45) is 4.54. The molecule has 0 saturated heterocycles. The molecule has 0 amide bonds. The number of rotatable bonds is 2. The summed E-state index contributed by atoms with van der Waals surface area (Å²) in [5.74, 6) is 0.409. The van der Waals surface area contributed by atoms with Crippen LogP contribution in [0.3, 0.4) is 0 Å². The van der Waals surface area contributed by atoms with Gasteiger partial charge in [-0.3, -0.25) is 4.79 Å². The summed E-state index contributed by atoms with van der Waals surface area (Å²) in [5, 5.41) is 0. The molecule has 0 aliphatic carbocycles. The lowest BCUT2D eigenvalue weighted by Gasteiger charge is -2.10. The third-order valence-corrected chi connectivity index (χ3v) is 2.08. The second-order valence-electron chi connectivity index (χ2n) is 3.20. The number of carbonyl (C=O) groups excluding carboxylic acids is 1. The van der Waals surface area contributed by atoms with Crippen LogP contribution in [0.4, 0.5) is 0 Å². The van der Waals surface area contributed by atoms with Crippen molar-refractivity contribution in [3.8, 4) is 0 Å². The second kappa shape index (κ2) is 3.65. The van der Waals surface area contributed by atoms with E-state index >= 15 is 0 Å². The quantitative estimate of drug-likeness (QED) is 0.672. The van der Waals surface area contributed by atoms with Gasteiger partial charge in [-0.2, -0.15) is 0 Å². The Morgan fingerprint density at radius 3 is 3.00 bits per heavy atom. The third-order valence-electron chi connectivity index (χ3n) is 2.08. The fraction of sp³-hybridized carbons (Fsp3) is 0.400. The summed E-state index contributed by atoms with van der Waals surface area (Å²) in [5.41, 5.74) is 1.03. The van der Waals surface area contributed by atoms with Crippen LogP contribution in [0.15, 0.2) is 22.5 Å². The molecule has 4 heteroatoms. The summed E-state index contributed by atoms with van der Waals surface area (Å²) < 4.78 is 10.1. The fourth-order valence-electron chi connectivity index (χ4n) is 1.36. The van der Waals surface area contributed by atoms with E-state index in [9.17, 15) is 4.79 Å². The zero-order valence-corrected chi connectivity index (χ0v) is 7.95. The molecule has 1 aliphatic heterocycles. The maximum Gasteiger partial charge on any atom is 0.213 e. The maximum absolute atomic E-state index is 11.7. The number of ketones is 1. The standard InChI is InChI=1S/C10H11NO3/c1-7-11-9(6-14-7)10(12)8-3-2-4-13-5-8/h5-6H,2-4H2,1H3. The van der Waals surface area contributed by atoms with Gasteiger partial charge in [-0.1, -0.05) is 0 Å². The fourth-order valence-corrected chi connectivity index (χ4v) is 1.36. The predicted octanol–water partition coefficient (Wildman–Crippen LogP) is 1.86. The number of aromatic nitrogens is 1. The number of allylic oxidation sites excluding steroid dienone is 1. The van der Waals surface area contributed by atoms with E-state index < -0.39 is 0 Å². The SMILES string of the molecule is Cc1nc(C(=O)C2=COCCC2)co1. The topological polar surface area (TPSA) is 52.3 Å². The molecular weight excluding hydrogens is 182 g/mol. The van der Waals surface area contributed by atoms with Gasteiger partial charge in [0.05, 0.1) is 12.9 Å². The highest BCUT2D eigenvalue weighted by molar-refractivity contribution is 6.07. The van der Waals surface area contributed by atoms with Gasteiger partial charge in [-0.05, 0) is 12.8 Å². The highest BCUT2D eigenvalue weighted by atomic mass is 16.5. The molecule has 0 fully saturated rings. The van der Waals surface area contributed by atoms with Crippen molar-refractivity contribution in [1.82, 2.24) is 4.98 Å². The molecule has 0 saturated carbocycles. The van der Waals surface area contributed by atoms with Gasteiger partial charge in [-0.25, -0.2) is 4.98 Å². The Bertz CT molecular complexity index is 378. The molecule has 4 nitrogen and oxygen atoms in total. The third kappa shape index (κ3) is 1.69. The lowest BCUT2D eigenvalue weighted by Crippen LogP contribution is -2.09. The van der Waals surface area contributed by atoms with E-state index in [0.29, 0.717) is 23.8 Å². The Balaban J connectivity index is 2.19. The number of nitrogens with zero attached hydrogens (tertiary/aromatic N) is 1. The zero-order chi connectivity index (χ0) is 9.97. The minimum absolute atomic E-state index is 0.0958. The summed E-state index contributed by atoms with van der Waals surface area (Å²) in [6, 6.07) is 0. The molecule has 1 aromatic rings. The van der Waals surface area contributed by atoms with Gasteiger partial charge < -0.3 is 9.15 Å². The lowest BCUT2D eigenvalue weighted by atomic mass is 10.0. The molecular formula is C10H11NO3. The van der Waals surface area contributed by atoms with E-state index in [1.54, 1.807) is 6.92 Å². The zero-order valence-electron chi connectivity index (χ0n) is 7.95. The molecule has 0 spiro atoms. The van der Waals surface area contributed by atoms with Gasteiger partial charge >= 0.3 is 0 Å². The monoisotopic (exact) mass is 193 g/mol. The highest BCUT2D eigenvalue weighted by Crippen LogP contribution is 2.16. The summed E-state index contributed by atoms with van der Waals surface area (Å²) >= 11 is 0. The number of hydrogen-bond acceptors (Lipinski definition) is 4. The van der Waals surface area contributed by atoms with E-state index in [1.807, 2.05) is 0 Å². The van der Waals surface area contributed by atoms with Gasteiger partial charge in [0.1, 0.15) is 12.0 Å². The van der Waals surface area contributed by atoms with Gasteiger partial charge in [-0.15, -0.1) is 0 Å². The Labute approximate surface area is 81.6 Å². The number of carbonyl (C=O) groups is 1. The molecule has 1 aliphatic rings. The molecule has 2 rings (SSSR count). The summed E-state index contributed by atoms with van der Waals surface area (Å²) in [7, 11) is 0. The van der Waals surface area contributed by atoms with E-state index in [1.165, 1.54) is 12.5 Å². The van der Waals surface area contributed by atoms with Crippen molar-refractivity contribution in [3.63, 3.8) is 0 Å². The lowest BCUT2D eigenvalue weighted by molar-refractivity contribution is 0.100. The van der Waals surface area contributed by atoms with Crippen LogP contribution in [0.5, 0.6) is 0 Å². The van der Waals surface area contributed by atoms with Gasteiger partial charge in [0.2, 0.25) is 5.78 Å². The molecule has 74 valence electrons. The van der Waals surface area contributed by atoms with Gasteiger partial charge in [0, 0.05) is 12.5 Å². The van der Waals surface area contributed by atoms with Crippen LogP contribution in [0.25, 0.3) is 0 Å². The van der Waals surface area contributed by atoms with E-state index in [0.717, 1.165) is 12.8 Å². The normalized spacial score (nSPS) is 15.9. The first-order chi connectivity index (χ1) is 6.77. The highest BCUT2D eigenvalue weighted by Gasteiger charge is 2.18. The number of hydrogen-bond donors (Lipinski definition) is 0. The Morgan fingerprint density at radius 2 is 2.43 bits per heavy atom. The maximum atomic E-state index is 11.7. The van der Waals surface area contributed by atoms with Crippen molar-refractivity contribution < 1.29 is 13.9 Å². The molecule has 0 bridgehead atoms. The average Bonchev–Trinajstić information content (AvgIpc) is 2.65. The molecule has 0 unspecified atom stereocenters. The molecule has 0 aromatic carbocycles. The molecule has 0 radical (unpaired) electrons. The minimum Gasteiger partial charge on any atom is -0.501 e. The molecule has 14 heavy (non-hydrogen) atoms. The molecule has 0 N–H and O–H groups in total. The first-order valence-corrected chi connectivity index (χ1v) is 4.55. The van der Waals surface area contributed by atoms with Crippen LogP contribution < -0.4 is 0 Å². The number of aryl methyl sites for hydroxylation is 1. The first-order valence-electron chi connectivity index (χ1n) is 4.55. The Morgan fingerprint density at radius 1 is 1.57 bits per heavy atom. The van der Waals surface area contributed by atoms with Crippen molar-refractivity contribution in [3.05, 3.63) is 29.7 Å². The number of oxazole rings is 1. The van der Waals surface area contributed by atoms with E-state index in [-0.39, 0.29) is 5.78 Å². The van der Waals surface area contributed by atoms with Crippen molar-refractivity contribution >= 4 is 5.78 Å². The van der Waals surface area contributed by atoms with Crippen LogP contribution in [0.2, 0.25) is 0 Å². The number of ether oxygens (including phenoxy) is 1.